The van der Waals surface area contributed by atoms with Crippen LogP contribution in [0.5, 0.6) is 0 Å². The number of rotatable bonds is 13. The van der Waals surface area contributed by atoms with E-state index in [-0.39, 0.29) is 57.0 Å². The standard InChI is InChI=1S/C37H50FN5O10S/c1-7-21(3)30(44)15-14-28(39-34(48)53-36(4,5)6)32(46)43-19-24(52-35(49)42-18-22-10-9-11-27(38)26(22)20-42)16-29(43)31(45)40-37(17-23(37)8-2)33(47)41-54(50,51)25-12-13-25/h7,9-11,23-25,28-29H,8,12-20H2,1-6H3,(H,39,48)(H,40,45)(H,41,47). The van der Waals surface area contributed by atoms with Gasteiger partial charge in [0.25, 0.3) is 5.91 Å². The van der Waals surface area contributed by atoms with E-state index < -0.39 is 80.3 Å². The molecule has 17 heteroatoms. The Morgan fingerprint density at radius 2 is 1.81 bits per heavy atom. The molecule has 2 heterocycles. The van der Waals surface area contributed by atoms with Gasteiger partial charge in [-0.3, -0.25) is 28.8 Å². The van der Waals surface area contributed by atoms with Gasteiger partial charge in [-0.1, -0.05) is 31.6 Å². The molecule has 5 rings (SSSR count). The number of hydrogen-bond acceptors (Lipinski definition) is 10. The molecule has 2 aliphatic heterocycles. The number of amides is 5. The zero-order valence-corrected chi connectivity index (χ0v) is 32.3. The first kappa shape index (κ1) is 40.6. The Morgan fingerprint density at radius 1 is 1.11 bits per heavy atom. The van der Waals surface area contributed by atoms with Crippen molar-refractivity contribution in [2.24, 2.45) is 5.92 Å². The fourth-order valence-electron chi connectivity index (χ4n) is 6.94. The van der Waals surface area contributed by atoms with E-state index in [1.807, 2.05) is 0 Å². The van der Waals surface area contributed by atoms with Gasteiger partial charge in [-0.25, -0.2) is 22.4 Å². The average molecular weight is 776 g/mol. The first-order chi connectivity index (χ1) is 25.3. The summed E-state index contributed by atoms with van der Waals surface area (Å²) in [5.41, 5.74) is -1.04. The molecule has 5 amide bonds. The number of alkyl carbamates (subject to hydrolysis) is 1. The molecule has 2 saturated carbocycles. The first-order valence-corrected chi connectivity index (χ1v) is 19.9. The number of hydrogen-bond donors (Lipinski definition) is 3. The van der Waals surface area contributed by atoms with Crippen LogP contribution in [-0.2, 0) is 51.8 Å². The van der Waals surface area contributed by atoms with Gasteiger partial charge in [0.05, 0.1) is 18.3 Å². The van der Waals surface area contributed by atoms with Crippen LogP contribution in [0, 0.1) is 11.7 Å². The van der Waals surface area contributed by atoms with Crippen molar-refractivity contribution in [1.29, 1.82) is 0 Å². The molecule has 1 aromatic rings. The zero-order valence-electron chi connectivity index (χ0n) is 31.5. The first-order valence-electron chi connectivity index (χ1n) is 18.3. The van der Waals surface area contributed by atoms with Crippen LogP contribution in [-0.4, -0.2) is 95.0 Å². The van der Waals surface area contributed by atoms with Gasteiger partial charge >= 0.3 is 12.2 Å². The number of carbonyl (C=O) groups excluding carboxylic acids is 6. The lowest BCUT2D eigenvalue weighted by Gasteiger charge is -2.30. The van der Waals surface area contributed by atoms with Gasteiger partial charge in [-0.05, 0) is 83.4 Å². The predicted octanol–water partition coefficient (Wildman–Crippen LogP) is 3.35. The summed E-state index contributed by atoms with van der Waals surface area (Å²) in [5.74, 6) is -3.52. The molecule has 1 aromatic carbocycles. The molecule has 1 saturated heterocycles. The lowest BCUT2D eigenvalue weighted by molar-refractivity contribution is -0.141. The van der Waals surface area contributed by atoms with E-state index in [9.17, 15) is 41.6 Å². The fourth-order valence-corrected chi connectivity index (χ4v) is 8.30. The lowest BCUT2D eigenvalue weighted by Crippen LogP contribution is -2.58. The highest BCUT2D eigenvalue weighted by Crippen LogP contribution is 2.47. The maximum absolute atomic E-state index is 14.4. The number of allylic oxidation sites excluding steroid dienone is 2. The number of halogens is 1. The van der Waals surface area contributed by atoms with Gasteiger partial charge < -0.3 is 25.0 Å². The topological polar surface area (TPSA) is 198 Å². The molecule has 4 aliphatic rings. The second-order valence-electron chi connectivity index (χ2n) is 15.6. The Morgan fingerprint density at radius 3 is 2.41 bits per heavy atom. The summed E-state index contributed by atoms with van der Waals surface area (Å²) in [7, 11) is -3.94. The van der Waals surface area contributed by atoms with Crippen molar-refractivity contribution in [2.75, 3.05) is 6.54 Å². The maximum Gasteiger partial charge on any atom is 0.410 e. The van der Waals surface area contributed by atoms with Crippen LogP contribution >= 0.6 is 0 Å². The van der Waals surface area contributed by atoms with Crippen molar-refractivity contribution in [3.8, 4) is 0 Å². The number of sulfonamides is 1. The van der Waals surface area contributed by atoms with Crippen LogP contribution in [0.3, 0.4) is 0 Å². The van der Waals surface area contributed by atoms with Crippen molar-refractivity contribution >= 4 is 45.7 Å². The lowest BCUT2D eigenvalue weighted by atomic mass is 10.0. The third kappa shape index (κ3) is 9.21. The van der Waals surface area contributed by atoms with Crippen LogP contribution < -0.4 is 15.4 Å². The summed E-state index contributed by atoms with van der Waals surface area (Å²) in [5, 5.41) is 4.59. The molecule has 0 spiro atoms. The third-order valence-corrected chi connectivity index (χ3v) is 12.2. The molecule has 296 valence electrons. The number of likely N-dealkylation sites (tertiary alicyclic amines) is 1. The minimum absolute atomic E-state index is 0.0402. The molecule has 54 heavy (non-hydrogen) atoms. The van der Waals surface area contributed by atoms with Crippen molar-refractivity contribution in [3.63, 3.8) is 0 Å². The van der Waals surface area contributed by atoms with Gasteiger partial charge in [0.15, 0.2) is 5.78 Å². The summed E-state index contributed by atoms with van der Waals surface area (Å²) < 4.78 is 53.1. The Kier molecular flexibility index (Phi) is 11.8. The van der Waals surface area contributed by atoms with E-state index in [4.69, 9.17) is 9.47 Å². The number of nitrogens with one attached hydrogen (secondary N) is 3. The molecular formula is C37H50FN5O10S. The molecule has 3 fully saturated rings. The van der Waals surface area contributed by atoms with E-state index in [0.717, 1.165) is 4.90 Å². The van der Waals surface area contributed by atoms with Gasteiger partial charge in [0.1, 0.15) is 35.1 Å². The third-order valence-electron chi connectivity index (χ3n) is 10.4. The molecule has 0 aromatic heterocycles. The van der Waals surface area contributed by atoms with E-state index in [2.05, 4.69) is 15.4 Å². The number of ketones is 1. The van der Waals surface area contributed by atoms with Gasteiger partial charge in [-0.2, -0.15) is 0 Å². The highest BCUT2D eigenvalue weighted by Gasteiger charge is 2.62. The SMILES string of the molecule is CC=C(C)C(=O)CCC(NC(=O)OC(C)(C)C)C(=O)N1CC(OC(=O)N2Cc3cccc(F)c3C2)CC1C(=O)NC1(C(=O)NS(=O)(=O)C2CC2)CC1CC. The number of benzene rings is 1. The molecule has 5 unspecified atom stereocenters. The monoisotopic (exact) mass is 775 g/mol. The average Bonchev–Trinajstić information content (AvgIpc) is 3.99. The minimum atomic E-state index is -3.94. The van der Waals surface area contributed by atoms with E-state index in [0.29, 0.717) is 36.0 Å². The maximum atomic E-state index is 14.4. The second kappa shape index (κ2) is 15.7. The molecule has 0 radical (unpaired) electrons. The van der Waals surface area contributed by atoms with E-state index in [1.165, 1.54) is 11.0 Å². The van der Waals surface area contributed by atoms with Crippen molar-refractivity contribution in [1.82, 2.24) is 25.2 Å². The summed E-state index contributed by atoms with van der Waals surface area (Å²) in [6.07, 6.45) is -0.170. The Hall–Kier alpha value is -4.54. The Balaban J connectivity index is 1.39. The number of fused-ring (bicyclic) bond motifs is 1. The van der Waals surface area contributed by atoms with Gasteiger partial charge in [0, 0.05) is 24.9 Å². The molecule has 15 nitrogen and oxygen atoms in total. The van der Waals surface area contributed by atoms with Crippen molar-refractivity contribution in [3.05, 3.63) is 46.8 Å². The van der Waals surface area contributed by atoms with Crippen LogP contribution in [0.15, 0.2) is 29.8 Å². The number of nitrogens with zero attached hydrogens (tertiary/aromatic N) is 2. The van der Waals surface area contributed by atoms with Crippen molar-refractivity contribution in [2.45, 2.75) is 134 Å². The Labute approximate surface area is 314 Å². The quantitative estimate of drug-likeness (QED) is 0.250. The molecule has 5 atom stereocenters. The number of Topliss-reactive ketones (excluding diaryl/α,β-unsaturated/α-hetero) is 1. The number of ether oxygens (including phenoxy) is 2. The summed E-state index contributed by atoms with van der Waals surface area (Å²) in [4.78, 5) is 83.6. The number of carbonyl (C=O) groups is 6. The molecule has 0 bridgehead atoms. The highest BCUT2D eigenvalue weighted by molar-refractivity contribution is 7.91. The second-order valence-corrected chi connectivity index (χ2v) is 17.5. The van der Waals surface area contributed by atoms with Crippen molar-refractivity contribution < 1.29 is 51.0 Å². The summed E-state index contributed by atoms with van der Waals surface area (Å²) in [6, 6.07) is 1.86. The normalized spacial score (nSPS) is 24.3. The van der Waals surface area contributed by atoms with Crippen LogP contribution in [0.2, 0.25) is 0 Å². The highest BCUT2D eigenvalue weighted by atomic mass is 32.2. The van der Waals surface area contributed by atoms with Gasteiger partial charge in [0.2, 0.25) is 21.8 Å². The molecule has 2 aliphatic carbocycles. The van der Waals surface area contributed by atoms with Crippen LogP contribution in [0.1, 0.15) is 97.6 Å². The zero-order chi connectivity index (χ0) is 39.7. The largest absolute Gasteiger partial charge is 0.444 e. The fraction of sp³-hybridized carbons (Fsp3) is 0.622. The summed E-state index contributed by atoms with van der Waals surface area (Å²) >= 11 is 0. The van der Waals surface area contributed by atoms with E-state index in [1.54, 1.807) is 59.8 Å². The minimum Gasteiger partial charge on any atom is -0.444 e. The van der Waals surface area contributed by atoms with E-state index >= 15 is 0 Å². The smallest absolute Gasteiger partial charge is 0.410 e. The van der Waals surface area contributed by atoms with Crippen LogP contribution in [0.25, 0.3) is 0 Å². The predicted molar refractivity (Wildman–Crippen MR) is 192 cm³/mol. The van der Waals surface area contributed by atoms with Gasteiger partial charge in [-0.15, -0.1) is 0 Å². The molecule has 3 N–H and O–H groups in total. The Bertz CT molecular complexity index is 1840. The summed E-state index contributed by atoms with van der Waals surface area (Å²) in [6.45, 7) is 9.78. The van der Waals surface area contributed by atoms with Crippen LogP contribution in [0.4, 0.5) is 14.0 Å². The molecular weight excluding hydrogens is 725 g/mol.